The van der Waals surface area contributed by atoms with Crippen LogP contribution >= 0.6 is 0 Å². The van der Waals surface area contributed by atoms with Crippen LogP contribution in [0.15, 0.2) is 0 Å². The molecular formula is C5H10NO2+. The number of nitrogens with two attached hydrogens (primary N) is 1. The predicted molar refractivity (Wildman–Crippen MR) is 27.5 cm³/mol. The molecule has 0 aromatic rings. The van der Waals surface area contributed by atoms with Crippen LogP contribution in [0.5, 0.6) is 0 Å². The molecule has 1 aliphatic heterocycles. The second-order valence-electron chi connectivity index (χ2n) is 1.87. The minimum Gasteiger partial charge on any atom is -0.368 e. The number of hydrogen-bond donors (Lipinski definition) is 1. The van der Waals surface area contributed by atoms with Gasteiger partial charge in [-0.2, -0.15) is 0 Å². The summed E-state index contributed by atoms with van der Waals surface area (Å²) in [5.74, 6) is 0.197. The highest BCUT2D eigenvalue weighted by Crippen LogP contribution is 1.75. The average molecular weight is 116 g/mol. The van der Waals surface area contributed by atoms with Crippen LogP contribution in [0.2, 0.25) is 0 Å². The Balaban J connectivity index is 2.27. The molecular weight excluding hydrogens is 106 g/mol. The van der Waals surface area contributed by atoms with Crippen LogP contribution in [-0.2, 0) is 9.53 Å². The van der Waals surface area contributed by atoms with E-state index < -0.39 is 0 Å². The molecule has 0 aromatic heterocycles. The fourth-order valence-corrected chi connectivity index (χ4v) is 0.675. The lowest BCUT2D eigenvalue weighted by Gasteiger charge is -1.88. The first-order valence-corrected chi connectivity index (χ1v) is 2.81. The van der Waals surface area contributed by atoms with Gasteiger partial charge < -0.3 is 10.1 Å². The smallest absolute Gasteiger partial charge is 0.212 e. The summed E-state index contributed by atoms with van der Waals surface area (Å²) in [6.07, 6.45) is 0. The van der Waals surface area contributed by atoms with E-state index >= 15 is 0 Å². The van der Waals surface area contributed by atoms with E-state index in [0.717, 1.165) is 6.54 Å². The first-order valence-electron chi connectivity index (χ1n) is 2.81. The fourth-order valence-electron chi connectivity index (χ4n) is 0.675. The van der Waals surface area contributed by atoms with Crippen molar-refractivity contribution in [3.05, 3.63) is 0 Å². The Kier molecular flexibility index (Phi) is 2.00. The predicted octanol–water partition coefficient (Wildman–Crippen LogP) is -1.85. The van der Waals surface area contributed by atoms with Crippen molar-refractivity contribution in [2.45, 2.75) is 0 Å². The number of carbonyl (C=O) groups is 1. The number of Topliss-reactive ketones (excluding diaryl/α,β-unsaturated/α-hetero) is 1. The average Bonchev–Trinajstić information content (AvgIpc) is 1.94. The van der Waals surface area contributed by atoms with Gasteiger partial charge in [0.15, 0.2) is 0 Å². The summed E-state index contributed by atoms with van der Waals surface area (Å²) < 4.78 is 4.93. The molecule has 0 unspecified atom stereocenters. The zero-order valence-corrected chi connectivity index (χ0v) is 4.72. The molecule has 1 saturated heterocycles. The number of rotatable bonds is 0. The Labute approximate surface area is 48.0 Å². The maximum Gasteiger partial charge on any atom is 0.212 e. The van der Waals surface area contributed by atoms with Gasteiger partial charge in [0.2, 0.25) is 5.78 Å². The normalized spacial score (nSPS) is 22.8. The number of carbonyl (C=O) groups excluding carboxylic acids is 1. The molecule has 8 heavy (non-hydrogen) atoms. The van der Waals surface area contributed by atoms with Crippen LogP contribution in [0, 0.1) is 0 Å². The molecule has 1 rings (SSSR count). The van der Waals surface area contributed by atoms with Gasteiger partial charge in [-0.1, -0.05) is 0 Å². The fraction of sp³-hybridized carbons (Fsp3) is 0.800. The second kappa shape index (κ2) is 2.79. The lowest BCUT2D eigenvalue weighted by molar-refractivity contribution is -0.642. The molecule has 1 fully saturated rings. The third-order valence-corrected chi connectivity index (χ3v) is 1.10. The molecule has 0 bridgehead atoms. The molecule has 0 aromatic carbocycles. The van der Waals surface area contributed by atoms with Crippen LogP contribution in [0.1, 0.15) is 0 Å². The minimum absolute atomic E-state index is 0.197. The van der Waals surface area contributed by atoms with Crippen molar-refractivity contribution in [3.63, 3.8) is 0 Å². The number of ether oxygens (including phenoxy) is 1. The van der Waals surface area contributed by atoms with Crippen molar-refractivity contribution in [3.8, 4) is 0 Å². The van der Waals surface area contributed by atoms with Gasteiger partial charge >= 0.3 is 0 Å². The summed E-state index contributed by atoms with van der Waals surface area (Å²) in [6, 6.07) is 0. The molecule has 2 N–H and O–H groups in total. The Morgan fingerprint density at radius 3 is 3.38 bits per heavy atom. The maximum atomic E-state index is 10.5. The Morgan fingerprint density at radius 2 is 2.50 bits per heavy atom. The molecule has 0 saturated carbocycles. The molecule has 0 radical (unpaired) electrons. The molecule has 0 atom stereocenters. The van der Waals surface area contributed by atoms with Gasteiger partial charge in [-0.25, -0.2) is 0 Å². The maximum absolute atomic E-state index is 10.5. The quantitative estimate of drug-likeness (QED) is 0.403. The van der Waals surface area contributed by atoms with Crippen molar-refractivity contribution in [1.82, 2.24) is 0 Å². The van der Waals surface area contributed by atoms with Crippen LogP contribution in [0.4, 0.5) is 0 Å². The largest absolute Gasteiger partial charge is 0.368 e. The molecule has 3 nitrogen and oxygen atoms in total. The SMILES string of the molecule is O=C1C[NH2+]CCOC1. The highest BCUT2D eigenvalue weighted by atomic mass is 16.5. The van der Waals surface area contributed by atoms with Crippen molar-refractivity contribution < 1.29 is 14.8 Å². The summed E-state index contributed by atoms with van der Waals surface area (Å²) >= 11 is 0. The van der Waals surface area contributed by atoms with Gasteiger partial charge in [0.25, 0.3) is 0 Å². The highest BCUT2D eigenvalue weighted by Gasteiger charge is 2.07. The van der Waals surface area contributed by atoms with Crippen molar-refractivity contribution in [1.29, 1.82) is 0 Å². The Bertz CT molecular complexity index is 82.4. The van der Waals surface area contributed by atoms with Crippen LogP contribution < -0.4 is 5.32 Å². The topological polar surface area (TPSA) is 42.9 Å². The van der Waals surface area contributed by atoms with Crippen LogP contribution in [0.25, 0.3) is 0 Å². The minimum atomic E-state index is 0.197. The van der Waals surface area contributed by atoms with E-state index in [1.807, 2.05) is 5.32 Å². The third-order valence-electron chi connectivity index (χ3n) is 1.10. The van der Waals surface area contributed by atoms with E-state index in [0.29, 0.717) is 19.8 Å². The zero-order valence-electron chi connectivity index (χ0n) is 4.72. The van der Waals surface area contributed by atoms with Crippen LogP contribution in [-0.4, -0.2) is 32.1 Å². The Hall–Kier alpha value is -0.410. The zero-order chi connectivity index (χ0) is 5.82. The monoisotopic (exact) mass is 116 g/mol. The summed E-state index contributed by atoms with van der Waals surface area (Å²) in [5, 5.41) is 1.97. The molecule has 1 aliphatic rings. The van der Waals surface area contributed by atoms with Gasteiger partial charge in [0, 0.05) is 0 Å². The van der Waals surface area contributed by atoms with E-state index in [1.54, 1.807) is 0 Å². The molecule has 0 spiro atoms. The molecule has 0 aliphatic carbocycles. The van der Waals surface area contributed by atoms with Gasteiger partial charge in [0.1, 0.15) is 13.2 Å². The van der Waals surface area contributed by atoms with E-state index in [1.165, 1.54) is 0 Å². The van der Waals surface area contributed by atoms with Gasteiger partial charge in [-0.3, -0.25) is 4.79 Å². The lowest BCUT2D eigenvalue weighted by Crippen LogP contribution is -2.86. The van der Waals surface area contributed by atoms with Gasteiger partial charge in [0.05, 0.1) is 13.2 Å². The summed E-state index contributed by atoms with van der Waals surface area (Å²) in [6.45, 7) is 2.55. The number of hydrogen-bond acceptors (Lipinski definition) is 2. The number of quaternary nitrogens is 1. The van der Waals surface area contributed by atoms with E-state index in [-0.39, 0.29) is 5.78 Å². The van der Waals surface area contributed by atoms with Crippen molar-refractivity contribution >= 4 is 5.78 Å². The lowest BCUT2D eigenvalue weighted by atomic mass is 10.4. The van der Waals surface area contributed by atoms with Crippen molar-refractivity contribution in [2.24, 2.45) is 0 Å². The second-order valence-corrected chi connectivity index (χ2v) is 1.87. The highest BCUT2D eigenvalue weighted by molar-refractivity contribution is 5.80. The first-order chi connectivity index (χ1) is 3.89. The molecule has 46 valence electrons. The standard InChI is InChI=1S/C5H9NO2/c7-5-3-6-1-2-8-4-5/h6H,1-4H2/p+1. The van der Waals surface area contributed by atoms with Crippen molar-refractivity contribution in [2.75, 3.05) is 26.3 Å². The first kappa shape index (κ1) is 5.72. The summed E-state index contributed by atoms with van der Waals surface area (Å²) in [7, 11) is 0. The van der Waals surface area contributed by atoms with E-state index in [9.17, 15) is 4.79 Å². The van der Waals surface area contributed by atoms with E-state index in [2.05, 4.69) is 0 Å². The van der Waals surface area contributed by atoms with Crippen LogP contribution in [0.3, 0.4) is 0 Å². The summed E-state index contributed by atoms with van der Waals surface area (Å²) in [5.41, 5.74) is 0. The van der Waals surface area contributed by atoms with Gasteiger partial charge in [-0.05, 0) is 0 Å². The molecule has 0 amide bonds. The van der Waals surface area contributed by atoms with Gasteiger partial charge in [-0.15, -0.1) is 0 Å². The molecule has 3 heteroatoms. The van der Waals surface area contributed by atoms with E-state index in [4.69, 9.17) is 4.74 Å². The molecule has 1 heterocycles. The third kappa shape index (κ3) is 1.60. The number of ketones is 1. The summed E-state index contributed by atoms with van der Waals surface area (Å²) in [4.78, 5) is 10.5. The Morgan fingerprint density at radius 1 is 1.62 bits per heavy atom.